The summed E-state index contributed by atoms with van der Waals surface area (Å²) in [6, 6.07) is 0. The number of ether oxygens (including phenoxy) is 2. The molecule has 10 heteroatoms. The van der Waals surface area contributed by atoms with Gasteiger partial charge >= 0.3 is 0 Å². The Morgan fingerprint density at radius 1 is 1.07 bits per heavy atom. The Balaban J connectivity index is 0.00000784. The van der Waals surface area contributed by atoms with Crippen molar-refractivity contribution in [2.24, 2.45) is 10.9 Å². The van der Waals surface area contributed by atoms with Crippen LogP contribution in [-0.2, 0) is 19.5 Å². The largest absolute Gasteiger partial charge is 0.380 e. The molecule has 0 aromatic rings. The SMILES string of the molecule is CCNC(=NCCOCCC(C)C)N1CCN(S(=O)(=O)CCOC(C)C)CC1.I. The molecule has 1 heterocycles. The maximum Gasteiger partial charge on any atom is 0.216 e. The summed E-state index contributed by atoms with van der Waals surface area (Å²) in [5.41, 5.74) is 0. The molecule has 1 aliphatic rings. The molecule has 0 aromatic heterocycles. The van der Waals surface area contributed by atoms with E-state index >= 15 is 0 Å². The molecule has 8 nitrogen and oxygen atoms in total. The van der Waals surface area contributed by atoms with Gasteiger partial charge < -0.3 is 19.7 Å². The van der Waals surface area contributed by atoms with Crippen LogP contribution in [-0.4, -0.2) is 94.5 Å². The fourth-order valence-electron chi connectivity index (χ4n) is 2.76. The Morgan fingerprint density at radius 2 is 1.72 bits per heavy atom. The summed E-state index contributed by atoms with van der Waals surface area (Å²) in [5.74, 6) is 1.51. The lowest BCUT2D eigenvalue weighted by molar-refractivity contribution is 0.0904. The monoisotopic (exact) mass is 548 g/mol. The molecule has 1 N–H and O–H groups in total. The van der Waals surface area contributed by atoms with Crippen LogP contribution in [0.4, 0.5) is 0 Å². The fraction of sp³-hybridized carbons (Fsp3) is 0.947. The number of halogens is 1. The van der Waals surface area contributed by atoms with Crippen molar-refractivity contribution in [3.8, 4) is 0 Å². The van der Waals surface area contributed by atoms with Gasteiger partial charge in [-0.25, -0.2) is 8.42 Å². The van der Waals surface area contributed by atoms with E-state index in [0.717, 1.165) is 25.5 Å². The number of nitrogens with zero attached hydrogens (tertiary/aromatic N) is 3. The summed E-state index contributed by atoms with van der Waals surface area (Å²) in [6.45, 7) is 15.4. The third-order valence-electron chi connectivity index (χ3n) is 4.40. The average molecular weight is 549 g/mol. The number of guanidine groups is 1. The maximum absolute atomic E-state index is 12.5. The van der Waals surface area contributed by atoms with Gasteiger partial charge in [0, 0.05) is 39.3 Å². The van der Waals surface area contributed by atoms with Crippen LogP contribution in [0.15, 0.2) is 4.99 Å². The highest BCUT2D eigenvalue weighted by atomic mass is 127. The van der Waals surface area contributed by atoms with E-state index < -0.39 is 10.0 Å². The van der Waals surface area contributed by atoms with E-state index in [9.17, 15) is 8.42 Å². The minimum atomic E-state index is -3.27. The Kier molecular flexibility index (Phi) is 15.5. The third-order valence-corrected chi connectivity index (χ3v) is 6.23. The molecule has 0 saturated carbocycles. The summed E-state index contributed by atoms with van der Waals surface area (Å²) >= 11 is 0. The lowest BCUT2D eigenvalue weighted by atomic mass is 10.1. The van der Waals surface area contributed by atoms with Crippen molar-refractivity contribution in [3.63, 3.8) is 0 Å². The van der Waals surface area contributed by atoms with Crippen molar-refractivity contribution in [2.75, 3.05) is 64.8 Å². The standard InChI is InChI=1S/C19H40N4O4S.HI/c1-6-20-19(21-8-14-26-13-7-17(2)3)22-9-11-23(12-10-22)28(24,25)16-15-27-18(4)5;/h17-18H,6-16H2,1-5H3,(H,20,21);1H. The smallest absolute Gasteiger partial charge is 0.216 e. The van der Waals surface area contributed by atoms with Gasteiger partial charge in [0.1, 0.15) is 0 Å². The van der Waals surface area contributed by atoms with Gasteiger partial charge in [-0.3, -0.25) is 4.99 Å². The zero-order chi connectivity index (χ0) is 21.0. The number of nitrogens with one attached hydrogen (secondary N) is 1. The molecule has 1 saturated heterocycles. The molecule has 0 atom stereocenters. The number of piperazine rings is 1. The Morgan fingerprint density at radius 3 is 2.28 bits per heavy atom. The Labute approximate surface area is 194 Å². The second-order valence-electron chi connectivity index (χ2n) is 7.65. The maximum atomic E-state index is 12.5. The van der Waals surface area contributed by atoms with E-state index in [1.807, 2.05) is 20.8 Å². The predicted molar refractivity (Wildman–Crippen MR) is 130 cm³/mol. The number of hydrogen-bond acceptors (Lipinski definition) is 5. The molecule has 0 unspecified atom stereocenters. The van der Waals surface area contributed by atoms with Crippen molar-refractivity contribution in [3.05, 3.63) is 0 Å². The zero-order valence-corrected chi connectivity index (χ0v) is 21.9. The van der Waals surface area contributed by atoms with E-state index in [1.54, 1.807) is 4.31 Å². The second kappa shape index (κ2) is 15.6. The summed E-state index contributed by atoms with van der Waals surface area (Å²) in [5, 5.41) is 3.29. The number of sulfonamides is 1. The van der Waals surface area contributed by atoms with Gasteiger partial charge in [-0.15, -0.1) is 24.0 Å². The fourth-order valence-corrected chi connectivity index (χ4v) is 4.04. The molecule has 0 bridgehead atoms. The summed E-state index contributed by atoms with van der Waals surface area (Å²) in [4.78, 5) is 6.75. The van der Waals surface area contributed by atoms with Crippen LogP contribution < -0.4 is 5.32 Å². The third kappa shape index (κ3) is 12.3. The molecule has 1 rings (SSSR count). The number of hydrogen-bond donors (Lipinski definition) is 1. The first kappa shape index (κ1) is 28.8. The Hall–Kier alpha value is -0.170. The van der Waals surface area contributed by atoms with Gasteiger partial charge in [-0.05, 0) is 33.1 Å². The number of aliphatic imine (C=N–C) groups is 1. The lowest BCUT2D eigenvalue weighted by Crippen LogP contribution is -2.54. The van der Waals surface area contributed by atoms with Gasteiger partial charge in [0.2, 0.25) is 10.0 Å². The van der Waals surface area contributed by atoms with E-state index in [0.29, 0.717) is 45.2 Å². The van der Waals surface area contributed by atoms with Gasteiger partial charge in [-0.2, -0.15) is 4.31 Å². The van der Waals surface area contributed by atoms with Crippen LogP contribution in [0.1, 0.15) is 41.0 Å². The molecule has 0 radical (unpaired) electrons. The first-order valence-electron chi connectivity index (χ1n) is 10.5. The van der Waals surface area contributed by atoms with Crippen molar-refractivity contribution >= 4 is 40.0 Å². The highest BCUT2D eigenvalue weighted by Gasteiger charge is 2.27. The first-order chi connectivity index (χ1) is 13.3. The van der Waals surface area contributed by atoms with Crippen molar-refractivity contribution in [1.29, 1.82) is 0 Å². The van der Waals surface area contributed by atoms with Gasteiger partial charge in [0.15, 0.2) is 5.96 Å². The highest BCUT2D eigenvalue weighted by Crippen LogP contribution is 2.09. The van der Waals surface area contributed by atoms with Crippen molar-refractivity contribution < 1.29 is 17.9 Å². The van der Waals surface area contributed by atoms with Crippen LogP contribution in [0.5, 0.6) is 0 Å². The second-order valence-corrected chi connectivity index (χ2v) is 9.74. The Bertz CT molecular complexity index is 550. The van der Waals surface area contributed by atoms with E-state index in [1.165, 1.54) is 0 Å². The predicted octanol–water partition coefficient (Wildman–Crippen LogP) is 2.01. The molecule has 0 aromatic carbocycles. The summed E-state index contributed by atoms with van der Waals surface area (Å²) in [7, 11) is -3.27. The first-order valence-corrected chi connectivity index (χ1v) is 12.1. The molecule has 1 fully saturated rings. The molecule has 174 valence electrons. The molecule has 29 heavy (non-hydrogen) atoms. The molecule has 0 spiro atoms. The van der Waals surface area contributed by atoms with Gasteiger partial charge in [0.05, 0.1) is 31.6 Å². The summed E-state index contributed by atoms with van der Waals surface area (Å²) < 4.78 is 37.5. The van der Waals surface area contributed by atoms with Gasteiger partial charge in [-0.1, -0.05) is 13.8 Å². The normalized spacial score (nSPS) is 16.4. The van der Waals surface area contributed by atoms with Crippen molar-refractivity contribution in [1.82, 2.24) is 14.5 Å². The lowest BCUT2D eigenvalue weighted by Gasteiger charge is -2.35. The molecular formula is C19H41IN4O4S. The minimum absolute atomic E-state index is 0. The molecule has 0 amide bonds. The van der Waals surface area contributed by atoms with Crippen LogP contribution in [0.3, 0.4) is 0 Å². The minimum Gasteiger partial charge on any atom is -0.380 e. The quantitative estimate of drug-likeness (QED) is 0.174. The van der Waals surface area contributed by atoms with Gasteiger partial charge in [0.25, 0.3) is 0 Å². The topological polar surface area (TPSA) is 83.5 Å². The van der Waals surface area contributed by atoms with Crippen molar-refractivity contribution in [2.45, 2.75) is 47.1 Å². The molecule has 1 aliphatic heterocycles. The summed E-state index contributed by atoms with van der Waals surface area (Å²) in [6.07, 6.45) is 1.10. The van der Waals surface area contributed by atoms with E-state index in [4.69, 9.17) is 9.47 Å². The van der Waals surface area contributed by atoms with Crippen LogP contribution in [0, 0.1) is 5.92 Å². The molecular weight excluding hydrogens is 507 g/mol. The highest BCUT2D eigenvalue weighted by molar-refractivity contribution is 14.0. The van der Waals surface area contributed by atoms with Crippen LogP contribution >= 0.6 is 24.0 Å². The van der Waals surface area contributed by atoms with Crippen LogP contribution in [0.2, 0.25) is 0 Å². The van der Waals surface area contributed by atoms with E-state index in [2.05, 4.69) is 29.1 Å². The average Bonchev–Trinajstić information content (AvgIpc) is 2.63. The number of rotatable bonds is 12. The molecule has 0 aliphatic carbocycles. The zero-order valence-electron chi connectivity index (χ0n) is 18.7. The van der Waals surface area contributed by atoms with Crippen LogP contribution in [0.25, 0.3) is 0 Å². The van der Waals surface area contributed by atoms with E-state index in [-0.39, 0.29) is 42.4 Å².